The molecule has 31 heavy (non-hydrogen) atoms. The highest BCUT2D eigenvalue weighted by molar-refractivity contribution is 6.07. The SMILES string of the molecule is O=C(c1cccc(F)c1)N1C[C@@H]2[C@@H](c3ccccc31)[C@H](CO)N2C(=O)C1CCOCC1. The van der Waals surface area contributed by atoms with Gasteiger partial charge in [-0.15, -0.1) is 0 Å². The highest BCUT2D eigenvalue weighted by atomic mass is 19.1. The fourth-order valence-corrected chi connectivity index (χ4v) is 5.32. The van der Waals surface area contributed by atoms with Crippen molar-refractivity contribution in [2.24, 2.45) is 5.92 Å². The lowest BCUT2D eigenvalue weighted by Gasteiger charge is -2.59. The zero-order valence-corrected chi connectivity index (χ0v) is 17.1. The van der Waals surface area contributed by atoms with Crippen LogP contribution in [-0.4, -0.2) is 60.3 Å². The normalized spacial score (nSPS) is 25.4. The first-order valence-corrected chi connectivity index (χ1v) is 10.8. The minimum atomic E-state index is -0.464. The predicted molar refractivity (Wildman–Crippen MR) is 112 cm³/mol. The van der Waals surface area contributed by atoms with Crippen molar-refractivity contribution in [3.8, 4) is 0 Å². The van der Waals surface area contributed by atoms with Crippen molar-refractivity contribution in [1.82, 2.24) is 4.90 Å². The Labute approximate surface area is 180 Å². The van der Waals surface area contributed by atoms with Gasteiger partial charge >= 0.3 is 0 Å². The Hall–Kier alpha value is -2.77. The van der Waals surface area contributed by atoms with Gasteiger partial charge in [-0.05, 0) is 42.7 Å². The number of amides is 2. The maximum Gasteiger partial charge on any atom is 0.258 e. The number of carbonyl (C=O) groups excluding carboxylic acids is 2. The summed E-state index contributed by atoms with van der Waals surface area (Å²) in [5.74, 6) is -0.873. The van der Waals surface area contributed by atoms with Crippen LogP contribution in [0, 0.1) is 11.7 Å². The maximum absolute atomic E-state index is 13.7. The van der Waals surface area contributed by atoms with Crippen LogP contribution in [0.1, 0.15) is 34.7 Å². The maximum atomic E-state index is 13.7. The van der Waals surface area contributed by atoms with E-state index in [1.165, 1.54) is 18.2 Å². The summed E-state index contributed by atoms with van der Waals surface area (Å²) in [6, 6.07) is 12.8. The van der Waals surface area contributed by atoms with E-state index in [0.29, 0.717) is 32.6 Å². The molecule has 3 aliphatic rings. The molecule has 2 aromatic carbocycles. The number of ether oxygens (including phenoxy) is 1. The van der Waals surface area contributed by atoms with Gasteiger partial charge in [-0.25, -0.2) is 4.39 Å². The molecule has 2 amide bonds. The Morgan fingerprint density at radius 3 is 2.61 bits per heavy atom. The molecular weight excluding hydrogens is 399 g/mol. The summed E-state index contributed by atoms with van der Waals surface area (Å²) < 4.78 is 19.1. The zero-order chi connectivity index (χ0) is 21.5. The molecule has 0 aromatic heterocycles. The lowest BCUT2D eigenvalue weighted by Crippen LogP contribution is -2.71. The topological polar surface area (TPSA) is 70.1 Å². The zero-order valence-electron chi connectivity index (χ0n) is 17.1. The van der Waals surface area contributed by atoms with Crippen LogP contribution in [0.2, 0.25) is 0 Å². The number of nitrogens with zero attached hydrogens (tertiary/aromatic N) is 2. The lowest BCUT2D eigenvalue weighted by molar-refractivity contribution is -0.157. The molecule has 0 radical (unpaired) electrons. The summed E-state index contributed by atoms with van der Waals surface area (Å²) in [4.78, 5) is 30.0. The number of halogens is 1. The van der Waals surface area contributed by atoms with Crippen molar-refractivity contribution < 1.29 is 23.8 Å². The summed E-state index contributed by atoms with van der Waals surface area (Å²) in [6.07, 6.45) is 1.35. The van der Waals surface area contributed by atoms with Crippen molar-refractivity contribution in [3.05, 3.63) is 65.5 Å². The van der Waals surface area contributed by atoms with Gasteiger partial charge in [0.25, 0.3) is 5.91 Å². The Bertz CT molecular complexity index is 1010. The number of likely N-dealkylation sites (tertiary alicyclic amines) is 1. The number of aliphatic hydroxyl groups is 1. The number of anilines is 1. The van der Waals surface area contributed by atoms with E-state index in [-0.39, 0.29) is 47.9 Å². The van der Waals surface area contributed by atoms with E-state index >= 15 is 0 Å². The molecule has 6 nitrogen and oxygen atoms in total. The average molecular weight is 424 g/mol. The molecule has 162 valence electrons. The molecule has 2 saturated heterocycles. The number of para-hydroxylation sites is 1. The van der Waals surface area contributed by atoms with Gasteiger partial charge in [0, 0.05) is 42.8 Å². The molecule has 0 bridgehead atoms. The third-order valence-electron chi connectivity index (χ3n) is 6.83. The van der Waals surface area contributed by atoms with Crippen LogP contribution in [0.3, 0.4) is 0 Å². The largest absolute Gasteiger partial charge is 0.394 e. The molecule has 2 fully saturated rings. The smallest absolute Gasteiger partial charge is 0.258 e. The van der Waals surface area contributed by atoms with Crippen molar-refractivity contribution in [3.63, 3.8) is 0 Å². The van der Waals surface area contributed by atoms with E-state index in [2.05, 4.69) is 0 Å². The van der Waals surface area contributed by atoms with Crippen LogP contribution in [0.4, 0.5) is 10.1 Å². The molecular formula is C24H25FN2O4. The second-order valence-electron chi connectivity index (χ2n) is 8.46. The number of hydrogen-bond donors (Lipinski definition) is 1. The van der Waals surface area contributed by atoms with Gasteiger partial charge in [-0.2, -0.15) is 0 Å². The summed E-state index contributed by atoms with van der Waals surface area (Å²) >= 11 is 0. The van der Waals surface area contributed by atoms with Crippen LogP contribution < -0.4 is 4.90 Å². The number of fused-ring (bicyclic) bond motifs is 3. The van der Waals surface area contributed by atoms with Gasteiger partial charge in [0.15, 0.2) is 0 Å². The standard InChI is InChI=1S/C24H25FN2O4/c25-17-5-3-4-16(12-17)23(29)26-13-20-22(18-6-1-2-7-19(18)26)21(14-28)27(20)24(30)15-8-10-31-11-9-15/h1-7,12,15,20-22,28H,8-11,13-14H2/t20-,21+,22-/m1/s1. The van der Waals surface area contributed by atoms with Crippen molar-refractivity contribution in [2.45, 2.75) is 30.8 Å². The number of benzene rings is 2. The summed E-state index contributed by atoms with van der Waals surface area (Å²) in [6.45, 7) is 1.33. The molecule has 5 rings (SSSR count). The average Bonchev–Trinajstić information content (AvgIpc) is 2.79. The van der Waals surface area contributed by atoms with Crippen LogP contribution in [0.25, 0.3) is 0 Å². The summed E-state index contributed by atoms with van der Waals surface area (Å²) in [7, 11) is 0. The first-order chi connectivity index (χ1) is 15.1. The number of hydrogen-bond acceptors (Lipinski definition) is 4. The van der Waals surface area contributed by atoms with Gasteiger partial charge in [0.1, 0.15) is 5.82 Å². The monoisotopic (exact) mass is 424 g/mol. The molecule has 0 unspecified atom stereocenters. The molecule has 0 saturated carbocycles. The van der Waals surface area contributed by atoms with Crippen LogP contribution in [-0.2, 0) is 9.53 Å². The van der Waals surface area contributed by atoms with Crippen LogP contribution in [0.5, 0.6) is 0 Å². The van der Waals surface area contributed by atoms with E-state index in [1.807, 2.05) is 24.3 Å². The molecule has 1 N–H and O–H groups in total. The van der Waals surface area contributed by atoms with E-state index in [1.54, 1.807) is 15.9 Å². The number of carbonyl (C=O) groups is 2. The van der Waals surface area contributed by atoms with Crippen molar-refractivity contribution in [2.75, 3.05) is 31.3 Å². The molecule has 0 spiro atoms. The second-order valence-corrected chi connectivity index (χ2v) is 8.46. The third kappa shape index (κ3) is 3.32. The first kappa shape index (κ1) is 20.2. The Morgan fingerprint density at radius 2 is 1.87 bits per heavy atom. The van der Waals surface area contributed by atoms with Gasteiger partial charge in [-0.1, -0.05) is 24.3 Å². The Kier molecular flexibility index (Phi) is 5.24. The van der Waals surface area contributed by atoms with Crippen molar-refractivity contribution >= 4 is 17.5 Å². The molecule has 7 heteroatoms. The minimum absolute atomic E-state index is 0.0263. The molecule has 3 heterocycles. The highest BCUT2D eigenvalue weighted by Crippen LogP contribution is 2.49. The van der Waals surface area contributed by atoms with Gasteiger partial charge < -0.3 is 19.6 Å². The van der Waals surface area contributed by atoms with Crippen molar-refractivity contribution in [1.29, 1.82) is 0 Å². The summed E-state index contributed by atoms with van der Waals surface area (Å²) in [5, 5.41) is 10.1. The molecule has 3 aliphatic heterocycles. The highest BCUT2D eigenvalue weighted by Gasteiger charge is 2.56. The summed E-state index contributed by atoms with van der Waals surface area (Å²) in [5.41, 5.74) is 1.97. The molecule has 3 atom stereocenters. The number of rotatable bonds is 3. The van der Waals surface area contributed by atoms with E-state index in [4.69, 9.17) is 4.74 Å². The van der Waals surface area contributed by atoms with Crippen LogP contribution >= 0.6 is 0 Å². The first-order valence-electron chi connectivity index (χ1n) is 10.8. The molecule has 0 aliphatic carbocycles. The second kappa shape index (κ2) is 8.05. The Morgan fingerprint density at radius 1 is 1.10 bits per heavy atom. The van der Waals surface area contributed by atoms with Crippen LogP contribution in [0.15, 0.2) is 48.5 Å². The Balaban J connectivity index is 1.49. The third-order valence-corrected chi connectivity index (χ3v) is 6.83. The minimum Gasteiger partial charge on any atom is -0.394 e. The van der Waals surface area contributed by atoms with E-state index in [0.717, 1.165) is 11.3 Å². The molecule has 2 aromatic rings. The van der Waals surface area contributed by atoms with Gasteiger partial charge in [0.05, 0.1) is 18.7 Å². The fourth-order valence-electron chi connectivity index (χ4n) is 5.32. The quantitative estimate of drug-likeness (QED) is 0.822. The predicted octanol–water partition coefficient (Wildman–Crippen LogP) is 2.57. The van der Waals surface area contributed by atoms with E-state index in [9.17, 15) is 19.1 Å². The van der Waals surface area contributed by atoms with E-state index < -0.39 is 5.82 Å². The lowest BCUT2D eigenvalue weighted by atomic mass is 9.71. The van der Waals surface area contributed by atoms with Gasteiger partial charge in [0.2, 0.25) is 5.91 Å². The fraction of sp³-hybridized carbons (Fsp3) is 0.417. The number of aliphatic hydroxyl groups excluding tert-OH is 1. The van der Waals surface area contributed by atoms with Gasteiger partial charge in [-0.3, -0.25) is 9.59 Å².